The first kappa shape index (κ1) is 13.8. The third kappa shape index (κ3) is 4.22. The highest BCUT2D eigenvalue weighted by atomic mass is 32.1. The highest BCUT2D eigenvalue weighted by Gasteiger charge is 2.30. The van der Waals surface area contributed by atoms with Gasteiger partial charge in [-0.05, 0) is 49.8 Å². The molecule has 0 heterocycles. The fraction of sp³-hybridized carbons (Fsp3) is 0.364. The molecule has 0 saturated carbocycles. The third-order valence-corrected chi connectivity index (χ3v) is 2.25. The Kier molecular flexibility index (Phi) is 4.34. The number of aryl methyl sites for hydroxylation is 1. The van der Waals surface area contributed by atoms with E-state index in [1.54, 1.807) is 13.0 Å². The van der Waals surface area contributed by atoms with E-state index in [-0.39, 0.29) is 0 Å². The summed E-state index contributed by atoms with van der Waals surface area (Å²) in [4.78, 5) is 0. The molecule has 0 saturated heterocycles. The van der Waals surface area contributed by atoms with Gasteiger partial charge in [0.1, 0.15) is 0 Å². The number of halogens is 3. The van der Waals surface area contributed by atoms with Crippen molar-refractivity contribution in [3.8, 4) is 0 Å². The van der Waals surface area contributed by atoms with Gasteiger partial charge in [-0.15, -0.1) is 0 Å². The number of alkyl halides is 3. The summed E-state index contributed by atoms with van der Waals surface area (Å²) in [5, 5.41) is 5.84. The smallest absolute Gasteiger partial charge is 0.363 e. The van der Waals surface area contributed by atoms with Gasteiger partial charge in [-0.2, -0.15) is 13.2 Å². The molecule has 0 radical (unpaired) electrons. The van der Waals surface area contributed by atoms with Crippen molar-refractivity contribution in [2.75, 3.05) is 11.9 Å². The molecule has 1 aromatic carbocycles. The fourth-order valence-electron chi connectivity index (χ4n) is 1.35. The Hall–Kier alpha value is -1.30. The molecule has 0 unspecified atom stereocenters. The highest BCUT2D eigenvalue weighted by molar-refractivity contribution is 7.80. The average Bonchev–Trinajstić information content (AvgIpc) is 2.15. The van der Waals surface area contributed by atoms with Crippen LogP contribution >= 0.6 is 12.2 Å². The lowest BCUT2D eigenvalue weighted by Crippen LogP contribution is -2.28. The lowest BCUT2D eigenvalue weighted by molar-refractivity contribution is -0.137. The summed E-state index contributed by atoms with van der Waals surface area (Å²) in [6.07, 6.45) is -4.34. The number of benzene rings is 1. The minimum absolute atomic E-state index is 0.311. The van der Waals surface area contributed by atoms with Crippen LogP contribution in [0, 0.1) is 6.92 Å². The molecule has 0 aromatic heterocycles. The summed E-state index contributed by atoms with van der Waals surface area (Å²) in [7, 11) is 0. The minimum atomic E-state index is -4.34. The van der Waals surface area contributed by atoms with Crippen molar-refractivity contribution < 1.29 is 13.2 Å². The molecule has 2 nitrogen and oxygen atoms in total. The van der Waals surface area contributed by atoms with E-state index in [0.29, 0.717) is 22.9 Å². The normalized spacial score (nSPS) is 11.1. The Morgan fingerprint density at radius 1 is 1.29 bits per heavy atom. The molecule has 94 valence electrons. The van der Waals surface area contributed by atoms with Crippen molar-refractivity contribution in [2.24, 2.45) is 0 Å². The SMILES string of the molecule is CCNC(=S)Nc1cc(C)cc(C(F)(F)F)c1. The van der Waals surface area contributed by atoms with Crippen LogP contribution in [0.2, 0.25) is 0 Å². The Morgan fingerprint density at radius 2 is 1.94 bits per heavy atom. The highest BCUT2D eigenvalue weighted by Crippen LogP contribution is 2.31. The standard InChI is InChI=1S/C11H13F3N2S/c1-3-15-10(17)16-9-5-7(2)4-8(6-9)11(12,13)14/h4-6H,3H2,1-2H3,(H2,15,16,17). The van der Waals surface area contributed by atoms with Crippen LogP contribution in [0.1, 0.15) is 18.1 Å². The topological polar surface area (TPSA) is 24.1 Å². The Morgan fingerprint density at radius 3 is 2.47 bits per heavy atom. The maximum absolute atomic E-state index is 12.6. The van der Waals surface area contributed by atoms with Gasteiger partial charge in [0.2, 0.25) is 0 Å². The summed E-state index contributed by atoms with van der Waals surface area (Å²) in [5.74, 6) is 0. The molecule has 0 spiro atoms. The summed E-state index contributed by atoms with van der Waals surface area (Å²) in [6, 6.07) is 3.75. The Bertz CT molecular complexity index is 416. The lowest BCUT2D eigenvalue weighted by atomic mass is 10.1. The Balaban J connectivity index is 2.94. The maximum Gasteiger partial charge on any atom is 0.416 e. The molecule has 0 atom stereocenters. The molecule has 17 heavy (non-hydrogen) atoms. The van der Waals surface area contributed by atoms with Crippen molar-refractivity contribution >= 4 is 23.0 Å². The van der Waals surface area contributed by atoms with Crippen LogP contribution in [0.4, 0.5) is 18.9 Å². The predicted molar refractivity (Wildman–Crippen MR) is 66.1 cm³/mol. The van der Waals surface area contributed by atoms with Crippen molar-refractivity contribution in [2.45, 2.75) is 20.0 Å². The number of hydrogen-bond donors (Lipinski definition) is 2. The van der Waals surface area contributed by atoms with Gasteiger partial charge in [-0.3, -0.25) is 0 Å². The van der Waals surface area contributed by atoms with E-state index in [9.17, 15) is 13.2 Å². The molecule has 0 aliphatic heterocycles. The first-order valence-corrected chi connectivity index (χ1v) is 5.47. The van der Waals surface area contributed by atoms with E-state index in [4.69, 9.17) is 12.2 Å². The summed E-state index contributed by atoms with van der Waals surface area (Å²) in [5.41, 5.74) is 0.184. The minimum Gasteiger partial charge on any atom is -0.363 e. The zero-order valence-corrected chi connectivity index (χ0v) is 10.3. The van der Waals surface area contributed by atoms with Gasteiger partial charge in [-0.1, -0.05) is 0 Å². The van der Waals surface area contributed by atoms with Crippen LogP contribution in [0.5, 0.6) is 0 Å². The lowest BCUT2D eigenvalue weighted by Gasteiger charge is -2.13. The number of nitrogens with one attached hydrogen (secondary N) is 2. The maximum atomic E-state index is 12.6. The number of anilines is 1. The number of thiocarbonyl (C=S) groups is 1. The van der Waals surface area contributed by atoms with Crippen LogP contribution in [0.15, 0.2) is 18.2 Å². The van der Waals surface area contributed by atoms with Gasteiger partial charge in [-0.25, -0.2) is 0 Å². The first-order chi connectivity index (χ1) is 7.82. The van der Waals surface area contributed by atoms with Gasteiger partial charge < -0.3 is 10.6 Å². The third-order valence-electron chi connectivity index (χ3n) is 2.00. The van der Waals surface area contributed by atoms with E-state index in [0.717, 1.165) is 12.1 Å². The number of rotatable bonds is 2. The molecular weight excluding hydrogens is 249 g/mol. The number of hydrogen-bond acceptors (Lipinski definition) is 1. The van der Waals surface area contributed by atoms with E-state index in [1.165, 1.54) is 0 Å². The molecule has 0 bridgehead atoms. The molecule has 0 aliphatic carbocycles. The second kappa shape index (κ2) is 5.35. The zero-order valence-electron chi connectivity index (χ0n) is 9.48. The average molecular weight is 262 g/mol. The summed E-state index contributed by atoms with van der Waals surface area (Å²) >= 11 is 4.91. The van der Waals surface area contributed by atoms with Crippen LogP contribution in [-0.2, 0) is 6.18 Å². The van der Waals surface area contributed by atoms with E-state index in [1.807, 2.05) is 6.92 Å². The molecule has 1 rings (SSSR count). The summed E-state index contributed by atoms with van der Waals surface area (Å²) < 4.78 is 37.7. The van der Waals surface area contributed by atoms with Crippen LogP contribution in [-0.4, -0.2) is 11.7 Å². The zero-order chi connectivity index (χ0) is 13.1. The molecule has 6 heteroatoms. The van der Waals surface area contributed by atoms with Crippen molar-refractivity contribution in [1.82, 2.24) is 5.32 Å². The Labute approximate surface area is 103 Å². The van der Waals surface area contributed by atoms with Crippen molar-refractivity contribution in [1.29, 1.82) is 0 Å². The van der Waals surface area contributed by atoms with E-state index in [2.05, 4.69) is 10.6 Å². The van der Waals surface area contributed by atoms with Gasteiger partial charge in [0.15, 0.2) is 5.11 Å². The molecule has 0 aliphatic rings. The fourth-order valence-corrected chi connectivity index (χ4v) is 1.62. The van der Waals surface area contributed by atoms with Crippen LogP contribution in [0.25, 0.3) is 0 Å². The predicted octanol–water partition coefficient (Wildman–Crippen LogP) is 3.32. The quantitative estimate of drug-likeness (QED) is 0.799. The van der Waals surface area contributed by atoms with Gasteiger partial charge >= 0.3 is 6.18 Å². The largest absolute Gasteiger partial charge is 0.416 e. The monoisotopic (exact) mass is 262 g/mol. The first-order valence-electron chi connectivity index (χ1n) is 5.06. The van der Waals surface area contributed by atoms with Crippen LogP contribution in [0.3, 0.4) is 0 Å². The molecule has 2 N–H and O–H groups in total. The molecule has 1 aromatic rings. The summed E-state index contributed by atoms with van der Waals surface area (Å²) in [6.45, 7) is 4.08. The second-order valence-corrected chi connectivity index (χ2v) is 3.98. The van der Waals surface area contributed by atoms with Crippen molar-refractivity contribution in [3.63, 3.8) is 0 Å². The van der Waals surface area contributed by atoms with Gasteiger partial charge in [0.05, 0.1) is 5.56 Å². The molecule has 0 fully saturated rings. The molecular formula is C11H13F3N2S. The van der Waals surface area contributed by atoms with E-state index < -0.39 is 11.7 Å². The van der Waals surface area contributed by atoms with Gasteiger partial charge in [0, 0.05) is 12.2 Å². The van der Waals surface area contributed by atoms with Crippen LogP contribution < -0.4 is 10.6 Å². The second-order valence-electron chi connectivity index (χ2n) is 3.57. The molecule has 0 amide bonds. The van der Waals surface area contributed by atoms with Crippen molar-refractivity contribution in [3.05, 3.63) is 29.3 Å². The van der Waals surface area contributed by atoms with E-state index >= 15 is 0 Å². The van der Waals surface area contributed by atoms with Gasteiger partial charge in [0.25, 0.3) is 0 Å².